The van der Waals surface area contributed by atoms with Gasteiger partial charge in [0.2, 0.25) is 5.91 Å². The summed E-state index contributed by atoms with van der Waals surface area (Å²) in [5.74, 6) is -1.41. The third-order valence-corrected chi connectivity index (χ3v) is 4.22. The van der Waals surface area contributed by atoms with E-state index in [0.717, 1.165) is 5.56 Å². The molecule has 130 valence electrons. The van der Waals surface area contributed by atoms with Crippen LogP contribution in [0.15, 0.2) is 24.3 Å². The van der Waals surface area contributed by atoms with E-state index in [9.17, 15) is 14.4 Å². The Morgan fingerprint density at radius 1 is 1.12 bits per heavy atom. The van der Waals surface area contributed by atoms with Gasteiger partial charge < -0.3 is 20.6 Å². The third kappa shape index (κ3) is 5.42. The third-order valence-electron chi connectivity index (χ3n) is 3.96. The number of carboxylic acids is 1. The number of aliphatic carboxylic acids is 1. The van der Waals surface area contributed by atoms with Gasteiger partial charge in [-0.2, -0.15) is 0 Å². The van der Waals surface area contributed by atoms with Crippen LogP contribution in [0.2, 0.25) is 5.02 Å². The van der Waals surface area contributed by atoms with Crippen LogP contribution in [0, 0.1) is 5.92 Å². The first-order valence-electron chi connectivity index (χ1n) is 7.72. The first-order valence-corrected chi connectivity index (χ1v) is 8.10. The summed E-state index contributed by atoms with van der Waals surface area (Å²) in [6.07, 6.45) is 0.897. The van der Waals surface area contributed by atoms with E-state index in [1.54, 1.807) is 29.2 Å². The van der Waals surface area contributed by atoms with Gasteiger partial charge in [0, 0.05) is 24.7 Å². The summed E-state index contributed by atoms with van der Waals surface area (Å²) >= 11 is 5.78. The minimum absolute atomic E-state index is 0.107. The summed E-state index contributed by atoms with van der Waals surface area (Å²) in [4.78, 5) is 36.2. The summed E-state index contributed by atoms with van der Waals surface area (Å²) in [7, 11) is 0. The molecule has 0 spiro atoms. The van der Waals surface area contributed by atoms with Crippen molar-refractivity contribution in [3.63, 3.8) is 0 Å². The molecule has 1 aromatic rings. The molecule has 7 nitrogen and oxygen atoms in total. The summed E-state index contributed by atoms with van der Waals surface area (Å²) in [6.45, 7) is 1.04. The van der Waals surface area contributed by atoms with Gasteiger partial charge >= 0.3 is 12.0 Å². The van der Waals surface area contributed by atoms with Gasteiger partial charge in [-0.1, -0.05) is 23.7 Å². The maximum Gasteiger partial charge on any atom is 0.315 e. The highest BCUT2D eigenvalue weighted by atomic mass is 35.5. The Hall–Kier alpha value is -2.28. The monoisotopic (exact) mass is 353 g/mol. The molecular formula is C16H20ClN3O4. The Kier molecular flexibility index (Phi) is 6.43. The van der Waals surface area contributed by atoms with Crippen LogP contribution in [-0.4, -0.2) is 47.5 Å². The molecule has 3 amide bonds. The molecule has 3 N–H and O–H groups in total. The van der Waals surface area contributed by atoms with Gasteiger partial charge in [-0.3, -0.25) is 9.59 Å². The normalized spacial score (nSPS) is 15.0. The predicted molar refractivity (Wildman–Crippen MR) is 88.6 cm³/mol. The lowest BCUT2D eigenvalue weighted by atomic mass is 9.97. The van der Waals surface area contributed by atoms with Crippen LogP contribution in [0.5, 0.6) is 0 Å². The molecular weight excluding hydrogens is 334 g/mol. The van der Waals surface area contributed by atoms with E-state index in [2.05, 4.69) is 10.6 Å². The molecule has 1 aliphatic rings. The lowest BCUT2D eigenvalue weighted by Gasteiger charge is -2.30. The van der Waals surface area contributed by atoms with Gasteiger partial charge in [-0.05, 0) is 30.5 Å². The molecule has 24 heavy (non-hydrogen) atoms. The predicted octanol–water partition coefficient (Wildman–Crippen LogP) is 1.46. The second-order valence-electron chi connectivity index (χ2n) is 5.66. The minimum atomic E-state index is -0.818. The number of nitrogens with zero attached hydrogens (tertiary/aromatic N) is 1. The maximum atomic E-state index is 12.0. The van der Waals surface area contributed by atoms with Gasteiger partial charge in [0.25, 0.3) is 0 Å². The van der Waals surface area contributed by atoms with Gasteiger partial charge in [0.1, 0.15) is 0 Å². The highest BCUT2D eigenvalue weighted by Crippen LogP contribution is 2.17. The lowest BCUT2D eigenvalue weighted by molar-refractivity contribution is -0.145. The fourth-order valence-electron chi connectivity index (χ4n) is 2.49. The van der Waals surface area contributed by atoms with Crippen LogP contribution in [0.1, 0.15) is 18.4 Å². The molecule has 0 aromatic heterocycles. The molecule has 0 atom stereocenters. The molecule has 1 aromatic carbocycles. The van der Waals surface area contributed by atoms with E-state index in [1.165, 1.54) is 0 Å². The molecule has 0 aliphatic carbocycles. The van der Waals surface area contributed by atoms with E-state index in [1.807, 2.05) is 0 Å². The van der Waals surface area contributed by atoms with Crippen molar-refractivity contribution < 1.29 is 19.5 Å². The largest absolute Gasteiger partial charge is 0.481 e. The Bertz CT molecular complexity index is 598. The van der Waals surface area contributed by atoms with Gasteiger partial charge in [0.15, 0.2) is 0 Å². The van der Waals surface area contributed by atoms with Crippen LogP contribution in [0.4, 0.5) is 4.79 Å². The molecule has 0 saturated carbocycles. The fraction of sp³-hybridized carbons (Fsp3) is 0.438. The first kappa shape index (κ1) is 18.1. The number of urea groups is 1. The molecule has 2 rings (SSSR count). The van der Waals surface area contributed by atoms with Crippen molar-refractivity contribution in [2.45, 2.75) is 19.4 Å². The number of rotatable bonds is 5. The number of benzene rings is 1. The lowest BCUT2D eigenvalue weighted by Crippen LogP contribution is -2.46. The van der Waals surface area contributed by atoms with Crippen LogP contribution in [0.3, 0.4) is 0 Å². The van der Waals surface area contributed by atoms with E-state index >= 15 is 0 Å². The van der Waals surface area contributed by atoms with Crippen molar-refractivity contribution in [2.24, 2.45) is 5.92 Å². The number of carboxylic acid groups (broad SMARTS) is 1. The van der Waals surface area contributed by atoms with E-state index < -0.39 is 12.0 Å². The van der Waals surface area contributed by atoms with Crippen LogP contribution in [0.25, 0.3) is 0 Å². The zero-order valence-electron chi connectivity index (χ0n) is 13.1. The van der Waals surface area contributed by atoms with Crippen LogP contribution >= 0.6 is 11.6 Å². The van der Waals surface area contributed by atoms with Crippen molar-refractivity contribution in [2.75, 3.05) is 19.6 Å². The Morgan fingerprint density at radius 2 is 1.75 bits per heavy atom. The minimum Gasteiger partial charge on any atom is -0.481 e. The number of carbonyl (C=O) groups is 3. The average Bonchev–Trinajstić information content (AvgIpc) is 2.59. The van der Waals surface area contributed by atoms with Gasteiger partial charge in [-0.25, -0.2) is 4.79 Å². The second-order valence-corrected chi connectivity index (χ2v) is 6.09. The smallest absolute Gasteiger partial charge is 0.315 e. The van der Waals surface area contributed by atoms with Crippen molar-refractivity contribution in [1.29, 1.82) is 0 Å². The summed E-state index contributed by atoms with van der Waals surface area (Å²) in [5, 5.41) is 14.7. The number of nitrogens with one attached hydrogen (secondary N) is 2. The SMILES string of the molecule is O=C(NCC(=O)N1CCC(C(=O)O)CC1)NCc1ccc(Cl)cc1. The zero-order chi connectivity index (χ0) is 17.5. The number of hydrogen-bond donors (Lipinski definition) is 3. The van der Waals surface area contributed by atoms with E-state index in [4.69, 9.17) is 16.7 Å². The van der Waals surface area contributed by atoms with Crippen LogP contribution < -0.4 is 10.6 Å². The molecule has 0 radical (unpaired) electrons. The zero-order valence-corrected chi connectivity index (χ0v) is 13.9. The highest BCUT2D eigenvalue weighted by molar-refractivity contribution is 6.30. The number of carbonyl (C=O) groups excluding carboxylic acids is 2. The fourth-order valence-corrected chi connectivity index (χ4v) is 2.62. The number of hydrogen-bond acceptors (Lipinski definition) is 3. The van der Waals surface area contributed by atoms with Gasteiger partial charge in [-0.15, -0.1) is 0 Å². The molecule has 0 unspecified atom stereocenters. The summed E-state index contributed by atoms with van der Waals surface area (Å²) < 4.78 is 0. The van der Waals surface area contributed by atoms with Crippen molar-refractivity contribution in [3.8, 4) is 0 Å². The van der Waals surface area contributed by atoms with Gasteiger partial charge in [0.05, 0.1) is 12.5 Å². The van der Waals surface area contributed by atoms with Crippen LogP contribution in [-0.2, 0) is 16.1 Å². The molecule has 0 bridgehead atoms. The van der Waals surface area contributed by atoms with E-state index in [0.29, 0.717) is 37.5 Å². The highest BCUT2D eigenvalue weighted by Gasteiger charge is 2.26. The Labute approximate surface area is 145 Å². The van der Waals surface area contributed by atoms with Crippen molar-refractivity contribution in [1.82, 2.24) is 15.5 Å². The first-order chi connectivity index (χ1) is 11.5. The number of piperidine rings is 1. The Balaban J connectivity index is 1.67. The molecule has 8 heteroatoms. The number of amides is 3. The standard InChI is InChI=1S/C16H20ClN3O4/c17-13-3-1-11(2-4-13)9-18-16(24)19-10-14(21)20-7-5-12(6-8-20)15(22)23/h1-4,12H,5-10H2,(H,22,23)(H2,18,19,24). The molecule has 1 fully saturated rings. The van der Waals surface area contributed by atoms with E-state index in [-0.39, 0.29) is 18.4 Å². The number of halogens is 1. The Morgan fingerprint density at radius 3 is 2.33 bits per heavy atom. The molecule has 1 aliphatic heterocycles. The molecule has 1 heterocycles. The summed E-state index contributed by atoms with van der Waals surface area (Å²) in [6, 6.07) is 6.65. The average molecular weight is 354 g/mol. The maximum absolute atomic E-state index is 12.0. The summed E-state index contributed by atoms with van der Waals surface area (Å²) in [5.41, 5.74) is 0.900. The van der Waals surface area contributed by atoms with Crippen molar-refractivity contribution >= 4 is 29.5 Å². The van der Waals surface area contributed by atoms with Crippen molar-refractivity contribution in [3.05, 3.63) is 34.9 Å². The topological polar surface area (TPSA) is 98.7 Å². The number of likely N-dealkylation sites (tertiary alicyclic amines) is 1. The second kappa shape index (κ2) is 8.54. The molecule has 1 saturated heterocycles. The quantitative estimate of drug-likeness (QED) is 0.746.